The van der Waals surface area contributed by atoms with E-state index in [4.69, 9.17) is 11.3 Å². The van der Waals surface area contributed by atoms with Gasteiger partial charge in [0, 0.05) is 74.6 Å². The fourth-order valence-electron chi connectivity index (χ4n) is 8.08. The summed E-state index contributed by atoms with van der Waals surface area (Å²) in [6, 6.07) is 11.7. The van der Waals surface area contributed by atoms with E-state index in [1.54, 1.807) is 19.6 Å². The number of benzene rings is 2. The summed E-state index contributed by atoms with van der Waals surface area (Å²) in [5, 5.41) is 2.58. The number of alkyl carbamates (subject to hydrolysis) is 1. The number of hydrogen-bond donors (Lipinski definition) is 1. The molecule has 2 saturated heterocycles. The first-order valence-electron chi connectivity index (χ1n) is 15.6. The zero-order valence-corrected chi connectivity index (χ0v) is 25.2. The third kappa shape index (κ3) is 6.16. The largest absolute Gasteiger partial charge is 0.446 e. The van der Waals surface area contributed by atoms with Gasteiger partial charge in [0.25, 0.3) is 0 Å². The number of carbonyl (C=O) groups excluding carboxylic acids is 1. The fourth-order valence-corrected chi connectivity index (χ4v) is 8.08. The number of hydrogen-bond acceptors (Lipinski definition) is 5. The highest BCUT2D eigenvalue weighted by atomic mass is 19.1. The molecule has 8 nitrogen and oxygen atoms in total. The van der Waals surface area contributed by atoms with Crippen molar-refractivity contribution in [1.82, 2.24) is 19.8 Å². The first kappa shape index (κ1) is 30.1. The molecule has 3 fully saturated rings. The molecule has 0 spiro atoms. The minimum Gasteiger partial charge on any atom is -0.446 e. The molecule has 0 bridgehead atoms. The lowest BCUT2D eigenvalue weighted by Gasteiger charge is -2.51. The molecule has 3 atom stereocenters. The summed E-state index contributed by atoms with van der Waals surface area (Å²) in [6.45, 7) is 12.5. The van der Waals surface area contributed by atoms with Crippen LogP contribution in [0, 0.1) is 36.0 Å². The number of rotatable bonds is 9. The summed E-state index contributed by atoms with van der Waals surface area (Å²) in [6.07, 6.45) is 8.74. The number of amides is 1. The van der Waals surface area contributed by atoms with E-state index in [9.17, 15) is 13.6 Å². The number of carbonyl (C=O) groups is 1. The van der Waals surface area contributed by atoms with Crippen molar-refractivity contribution in [3.05, 3.63) is 89.8 Å². The molecule has 2 aliphatic heterocycles. The number of ether oxygens (including phenoxy) is 1. The maximum absolute atomic E-state index is 14.9. The summed E-state index contributed by atoms with van der Waals surface area (Å²) in [4.78, 5) is 25.1. The third-order valence-corrected chi connectivity index (χ3v) is 10.1. The van der Waals surface area contributed by atoms with E-state index in [0.29, 0.717) is 23.7 Å². The Morgan fingerprint density at radius 1 is 1.09 bits per heavy atom. The van der Waals surface area contributed by atoms with Gasteiger partial charge < -0.3 is 24.4 Å². The van der Waals surface area contributed by atoms with Gasteiger partial charge in [-0.15, -0.1) is 0 Å². The molecular weight excluding hydrogens is 562 g/mol. The van der Waals surface area contributed by atoms with Gasteiger partial charge in [-0.25, -0.2) is 23.4 Å². The van der Waals surface area contributed by atoms with Crippen molar-refractivity contribution >= 4 is 17.5 Å². The summed E-state index contributed by atoms with van der Waals surface area (Å²) < 4.78 is 37.8. The third-order valence-electron chi connectivity index (χ3n) is 10.1. The van der Waals surface area contributed by atoms with Crippen LogP contribution >= 0.6 is 0 Å². The Kier molecular flexibility index (Phi) is 8.85. The number of nitrogens with one attached hydrogen (secondary N) is 1. The average molecular weight is 603 g/mol. The van der Waals surface area contributed by atoms with Gasteiger partial charge in [-0.1, -0.05) is 12.1 Å². The van der Waals surface area contributed by atoms with Crippen molar-refractivity contribution < 1.29 is 18.3 Å². The maximum Gasteiger partial charge on any atom is 0.407 e. The van der Waals surface area contributed by atoms with Gasteiger partial charge in [0.2, 0.25) is 0 Å². The summed E-state index contributed by atoms with van der Waals surface area (Å²) in [7, 11) is 1.55. The monoisotopic (exact) mass is 602 g/mol. The topological polar surface area (TPSA) is 67.0 Å². The van der Waals surface area contributed by atoms with E-state index >= 15 is 0 Å². The summed E-state index contributed by atoms with van der Waals surface area (Å²) >= 11 is 0. The molecular formula is C34H40F2N6O2. The van der Waals surface area contributed by atoms with Gasteiger partial charge in [0.05, 0.1) is 12.9 Å². The SMILES string of the molecule is [C-]#[N+]c1ccc(N2CC(CN3CCC(C(Cn4ccnc4)(c4cc(F)cc(F)c4)[C@H]4CCC[C@@H]4OC(=O)NC)CC3)C2)cc1. The molecule has 3 heterocycles. The molecule has 1 N–H and O–H groups in total. The van der Waals surface area contributed by atoms with Crippen LogP contribution in [0.15, 0.2) is 61.2 Å². The molecule has 1 unspecified atom stereocenters. The minimum atomic E-state index is -0.657. The van der Waals surface area contributed by atoms with E-state index in [1.165, 1.54) is 12.1 Å². The van der Waals surface area contributed by atoms with E-state index in [-0.39, 0.29) is 17.9 Å². The molecule has 6 rings (SSSR count). The van der Waals surface area contributed by atoms with Crippen LogP contribution < -0.4 is 10.2 Å². The highest BCUT2D eigenvalue weighted by Gasteiger charge is 2.53. The van der Waals surface area contributed by atoms with Crippen molar-refractivity contribution in [2.45, 2.75) is 50.2 Å². The molecule has 1 aromatic heterocycles. The van der Waals surface area contributed by atoms with Crippen molar-refractivity contribution in [2.75, 3.05) is 44.7 Å². The Morgan fingerprint density at radius 3 is 2.45 bits per heavy atom. The molecule has 232 valence electrons. The Labute approximate surface area is 257 Å². The molecule has 0 radical (unpaired) electrons. The number of halogens is 2. The lowest BCUT2D eigenvalue weighted by atomic mass is 9.58. The second-order valence-electron chi connectivity index (χ2n) is 12.6. The van der Waals surface area contributed by atoms with Gasteiger partial charge in [0.1, 0.15) is 17.7 Å². The smallest absolute Gasteiger partial charge is 0.407 e. The lowest BCUT2D eigenvalue weighted by molar-refractivity contribution is 0.00178. The van der Waals surface area contributed by atoms with Crippen LogP contribution in [0.5, 0.6) is 0 Å². The van der Waals surface area contributed by atoms with Gasteiger partial charge in [0.15, 0.2) is 5.69 Å². The van der Waals surface area contributed by atoms with Crippen LogP contribution in [0.25, 0.3) is 4.85 Å². The molecule has 1 amide bonds. The second-order valence-corrected chi connectivity index (χ2v) is 12.6. The quantitative estimate of drug-likeness (QED) is 0.304. The lowest BCUT2D eigenvalue weighted by Crippen LogP contribution is -2.55. The first-order chi connectivity index (χ1) is 21.4. The molecule has 3 aliphatic rings. The number of aromatic nitrogens is 2. The minimum absolute atomic E-state index is 0.102. The van der Waals surface area contributed by atoms with E-state index in [1.807, 2.05) is 35.0 Å². The zero-order valence-electron chi connectivity index (χ0n) is 25.2. The number of likely N-dealkylation sites (tertiary alicyclic amines) is 1. The van der Waals surface area contributed by atoms with Gasteiger partial charge in [-0.3, -0.25) is 0 Å². The molecule has 1 saturated carbocycles. The van der Waals surface area contributed by atoms with Crippen molar-refractivity contribution in [3.8, 4) is 0 Å². The van der Waals surface area contributed by atoms with Crippen LogP contribution in [0.3, 0.4) is 0 Å². The standard InChI is InChI=1S/C34H40F2N6O2/c1-37-29-6-8-30(9-7-29)42-20-24(21-42)19-40-13-10-25(11-14-40)34(22-41-15-12-39-23-41,26-16-27(35)18-28(36)17-26)31-4-3-5-32(31)44-33(43)38-2/h6-9,12,15-18,23-25,31-32H,3-5,10-11,13-14,19-22H2,2H3,(H,38,43)/t31-,32-,34?/m0/s1. The number of imidazole rings is 1. The Hall–Kier alpha value is -3.97. The van der Waals surface area contributed by atoms with E-state index in [0.717, 1.165) is 76.6 Å². The summed E-state index contributed by atoms with van der Waals surface area (Å²) in [5.74, 6) is -0.588. The van der Waals surface area contributed by atoms with Gasteiger partial charge in [-0.2, -0.15) is 0 Å². The van der Waals surface area contributed by atoms with Crippen LogP contribution in [-0.4, -0.2) is 66.4 Å². The van der Waals surface area contributed by atoms with Crippen LogP contribution in [0.2, 0.25) is 0 Å². The molecule has 44 heavy (non-hydrogen) atoms. The number of piperidine rings is 1. The van der Waals surface area contributed by atoms with E-state index in [2.05, 4.69) is 24.9 Å². The van der Waals surface area contributed by atoms with Gasteiger partial charge in [-0.05, 0) is 80.9 Å². The van der Waals surface area contributed by atoms with Crippen LogP contribution in [0.1, 0.15) is 37.7 Å². The zero-order chi connectivity index (χ0) is 30.7. The first-order valence-corrected chi connectivity index (χ1v) is 15.6. The maximum atomic E-state index is 14.9. The van der Waals surface area contributed by atoms with Crippen LogP contribution in [-0.2, 0) is 16.7 Å². The molecule has 10 heteroatoms. The Bertz CT molecular complexity index is 1440. The van der Waals surface area contributed by atoms with Crippen molar-refractivity contribution in [2.24, 2.45) is 17.8 Å². The van der Waals surface area contributed by atoms with Crippen molar-refractivity contribution in [3.63, 3.8) is 0 Å². The second kappa shape index (κ2) is 12.9. The number of anilines is 1. The van der Waals surface area contributed by atoms with Crippen molar-refractivity contribution in [1.29, 1.82) is 0 Å². The highest BCUT2D eigenvalue weighted by molar-refractivity contribution is 5.67. The Morgan fingerprint density at radius 2 is 1.82 bits per heavy atom. The Balaban J connectivity index is 1.22. The molecule has 2 aromatic carbocycles. The normalized spacial score (nSPS) is 22.6. The molecule has 1 aliphatic carbocycles. The number of nitrogens with zero attached hydrogens (tertiary/aromatic N) is 5. The summed E-state index contributed by atoms with van der Waals surface area (Å²) in [5.41, 5.74) is 1.79. The van der Waals surface area contributed by atoms with E-state index < -0.39 is 23.1 Å². The fraction of sp³-hybridized carbons (Fsp3) is 0.500. The average Bonchev–Trinajstić information content (AvgIpc) is 3.70. The predicted octanol–water partition coefficient (Wildman–Crippen LogP) is 6.02. The van der Waals surface area contributed by atoms with Crippen LogP contribution in [0.4, 0.5) is 25.0 Å². The van der Waals surface area contributed by atoms with Gasteiger partial charge >= 0.3 is 6.09 Å². The molecule has 3 aromatic rings. The predicted molar refractivity (Wildman–Crippen MR) is 165 cm³/mol. The highest BCUT2D eigenvalue weighted by Crippen LogP contribution is 2.52.